The number of hydrogen-bond acceptors (Lipinski definition) is 8. The molecule has 0 radical (unpaired) electrons. The van der Waals surface area contributed by atoms with Gasteiger partial charge in [-0.1, -0.05) is 0 Å². The molecule has 0 aromatic carbocycles. The molecular weight excluding hydrogens is 284 g/mol. The number of ether oxygens (including phenoxy) is 6. The Morgan fingerprint density at radius 3 is 2.14 bits per heavy atom. The summed E-state index contributed by atoms with van der Waals surface area (Å²) in [6.07, 6.45) is -7.67. The molecule has 0 spiro atoms. The minimum Gasteiger partial charge on any atom is -0.463 e. The second-order valence-corrected chi connectivity index (χ2v) is 4.18. The molecule has 1 fully saturated rings. The lowest BCUT2D eigenvalue weighted by atomic mass is 9.98. The second kappa shape index (κ2) is 8.28. The van der Waals surface area contributed by atoms with E-state index in [1.807, 2.05) is 0 Å². The highest BCUT2D eigenvalue weighted by Gasteiger charge is 2.49. The predicted octanol–water partition coefficient (Wildman–Crippen LogP) is -0.118. The van der Waals surface area contributed by atoms with Crippen LogP contribution in [0, 0.1) is 0 Å². The first-order valence-corrected chi connectivity index (χ1v) is 6.16. The zero-order valence-corrected chi connectivity index (χ0v) is 12.6. The van der Waals surface area contributed by atoms with Crippen molar-refractivity contribution in [2.75, 3.05) is 27.9 Å². The molecule has 1 saturated heterocycles. The van der Waals surface area contributed by atoms with Gasteiger partial charge in [0.25, 0.3) is 0 Å². The average Bonchev–Trinajstić information content (AvgIpc) is 2.43. The fourth-order valence-corrected chi connectivity index (χ4v) is 1.91. The third-order valence-electron chi connectivity index (χ3n) is 2.71. The van der Waals surface area contributed by atoms with Gasteiger partial charge in [-0.2, -0.15) is 0 Å². The van der Waals surface area contributed by atoms with Crippen LogP contribution in [0.3, 0.4) is 0 Å². The third kappa shape index (κ3) is 4.63. The number of methoxy groups -OCH3 is 3. The van der Waals surface area contributed by atoms with Crippen molar-refractivity contribution in [2.45, 2.75) is 44.5 Å². The average molecular weight is 309 g/mol. The summed E-state index contributed by atoms with van der Waals surface area (Å²) < 4.78 is 54.9. The standard InChI is InChI=1S/C13H22O8/c1-7(14)19-6-9-10(20-8(2)15)11(16-3)12(17-4)13(18-5)21-9/h9-13H,6H2,1-5H3/t9-,10-,11+,12-,13+/m1/s1/i6D2,10D. The molecule has 1 rings (SSSR count). The molecule has 8 nitrogen and oxygen atoms in total. The van der Waals surface area contributed by atoms with Gasteiger partial charge in [-0.15, -0.1) is 0 Å². The van der Waals surface area contributed by atoms with Crippen LogP contribution < -0.4 is 0 Å². The fraction of sp³-hybridized carbons (Fsp3) is 0.846. The lowest BCUT2D eigenvalue weighted by Crippen LogP contribution is -2.61. The molecule has 1 aliphatic heterocycles. The first-order valence-electron chi connectivity index (χ1n) is 7.66. The minimum absolute atomic E-state index is 0.870. The molecule has 122 valence electrons. The SMILES string of the molecule is [2H]C([2H])(OC(C)=O)[C@H]1O[C@H](OC)[C@H](OC)[C@@H](OC)[C@]1([2H])OC(C)=O. The molecular formula is C13H22O8. The maximum Gasteiger partial charge on any atom is 0.303 e. The summed E-state index contributed by atoms with van der Waals surface area (Å²) in [7, 11) is 3.83. The molecule has 0 unspecified atom stereocenters. The molecule has 0 N–H and O–H groups in total. The summed E-state index contributed by atoms with van der Waals surface area (Å²) in [6, 6.07) is 0. The normalized spacial score (nSPS) is 38.8. The van der Waals surface area contributed by atoms with Gasteiger partial charge >= 0.3 is 11.9 Å². The van der Waals surface area contributed by atoms with Crippen molar-refractivity contribution < 1.29 is 42.1 Å². The Bertz CT molecular complexity index is 474. The van der Waals surface area contributed by atoms with Crippen molar-refractivity contribution in [1.82, 2.24) is 0 Å². The maximum atomic E-state index is 11.5. The lowest BCUT2D eigenvalue weighted by Gasteiger charge is -2.43. The molecule has 0 aromatic heterocycles. The molecule has 0 aliphatic carbocycles. The van der Waals surface area contributed by atoms with Crippen LogP contribution in [0.15, 0.2) is 0 Å². The molecule has 8 heteroatoms. The van der Waals surface area contributed by atoms with Crippen molar-refractivity contribution in [3.63, 3.8) is 0 Å². The van der Waals surface area contributed by atoms with Gasteiger partial charge < -0.3 is 28.4 Å². The van der Waals surface area contributed by atoms with E-state index in [0.717, 1.165) is 13.8 Å². The van der Waals surface area contributed by atoms with E-state index in [2.05, 4.69) is 4.74 Å². The predicted molar refractivity (Wildman–Crippen MR) is 69.5 cm³/mol. The minimum atomic E-state index is -2.80. The van der Waals surface area contributed by atoms with E-state index >= 15 is 0 Å². The van der Waals surface area contributed by atoms with E-state index in [0.29, 0.717) is 0 Å². The van der Waals surface area contributed by atoms with Gasteiger partial charge in [0.15, 0.2) is 12.4 Å². The van der Waals surface area contributed by atoms with Crippen molar-refractivity contribution in [1.29, 1.82) is 0 Å². The van der Waals surface area contributed by atoms with Gasteiger partial charge in [0.05, 0.1) is 4.11 Å². The number of esters is 2. The molecule has 0 saturated carbocycles. The van der Waals surface area contributed by atoms with Crippen molar-refractivity contribution in [2.24, 2.45) is 0 Å². The van der Waals surface area contributed by atoms with E-state index < -0.39 is 49.2 Å². The van der Waals surface area contributed by atoms with Gasteiger partial charge in [-0.3, -0.25) is 9.59 Å². The third-order valence-corrected chi connectivity index (χ3v) is 2.71. The Labute approximate surface area is 127 Å². The summed E-state index contributed by atoms with van der Waals surface area (Å²) in [5.74, 6) is -1.81. The summed E-state index contributed by atoms with van der Waals surface area (Å²) >= 11 is 0. The van der Waals surface area contributed by atoms with Crippen LogP contribution in [0.5, 0.6) is 0 Å². The first kappa shape index (κ1) is 13.4. The molecule has 21 heavy (non-hydrogen) atoms. The summed E-state index contributed by atoms with van der Waals surface area (Å²) in [4.78, 5) is 22.6. The summed E-state index contributed by atoms with van der Waals surface area (Å²) in [5, 5.41) is 0. The summed E-state index contributed by atoms with van der Waals surface area (Å²) in [5.41, 5.74) is 0. The van der Waals surface area contributed by atoms with Crippen LogP contribution in [-0.2, 0) is 38.0 Å². The van der Waals surface area contributed by atoms with Crippen molar-refractivity contribution in [3.05, 3.63) is 0 Å². The van der Waals surface area contributed by atoms with E-state index in [1.54, 1.807) is 0 Å². The van der Waals surface area contributed by atoms with Crippen LogP contribution in [-0.4, -0.2) is 70.5 Å². The Morgan fingerprint density at radius 1 is 1.10 bits per heavy atom. The number of rotatable bonds is 6. The zero-order valence-electron chi connectivity index (χ0n) is 15.6. The van der Waals surface area contributed by atoms with E-state index in [4.69, 9.17) is 27.8 Å². The quantitative estimate of drug-likeness (QED) is 0.628. The van der Waals surface area contributed by atoms with Gasteiger partial charge in [0.2, 0.25) is 0 Å². The maximum absolute atomic E-state index is 11.5. The van der Waals surface area contributed by atoms with Gasteiger partial charge in [-0.05, 0) is 0 Å². The van der Waals surface area contributed by atoms with Gasteiger partial charge in [-0.25, -0.2) is 0 Å². The van der Waals surface area contributed by atoms with Crippen LogP contribution in [0.2, 0.25) is 0 Å². The van der Waals surface area contributed by atoms with Gasteiger partial charge in [0, 0.05) is 35.2 Å². The van der Waals surface area contributed by atoms with Crippen molar-refractivity contribution >= 4 is 11.9 Å². The Morgan fingerprint density at radius 2 is 1.71 bits per heavy atom. The molecule has 0 bridgehead atoms. The lowest BCUT2D eigenvalue weighted by molar-refractivity contribution is -0.305. The first-order chi connectivity index (χ1) is 11.0. The molecule has 5 atom stereocenters. The van der Waals surface area contributed by atoms with Crippen LogP contribution >= 0.6 is 0 Å². The van der Waals surface area contributed by atoms with Crippen molar-refractivity contribution in [3.8, 4) is 0 Å². The molecule has 0 aromatic rings. The zero-order chi connectivity index (χ0) is 18.7. The smallest absolute Gasteiger partial charge is 0.303 e. The number of carbonyl (C=O) groups is 2. The molecule has 1 heterocycles. The van der Waals surface area contributed by atoms with E-state index in [9.17, 15) is 9.59 Å². The Hall–Kier alpha value is -1.22. The highest BCUT2D eigenvalue weighted by molar-refractivity contribution is 5.66. The second-order valence-electron chi connectivity index (χ2n) is 4.18. The van der Waals surface area contributed by atoms with Gasteiger partial charge in [0.1, 0.15) is 24.9 Å². The highest BCUT2D eigenvalue weighted by Crippen LogP contribution is 2.28. The van der Waals surface area contributed by atoms with E-state index in [-0.39, 0.29) is 0 Å². The number of hydrogen-bond donors (Lipinski definition) is 0. The highest BCUT2D eigenvalue weighted by atomic mass is 16.7. The number of carbonyl (C=O) groups excluding carboxylic acids is 2. The van der Waals surface area contributed by atoms with Crippen LogP contribution in [0.4, 0.5) is 0 Å². The molecule has 0 amide bonds. The summed E-state index contributed by atoms with van der Waals surface area (Å²) in [6.45, 7) is -0.751. The van der Waals surface area contributed by atoms with Crippen LogP contribution in [0.25, 0.3) is 0 Å². The monoisotopic (exact) mass is 309 g/mol. The topological polar surface area (TPSA) is 89.5 Å². The Balaban J connectivity index is 3.39. The molecule has 1 aliphatic rings. The fourth-order valence-electron chi connectivity index (χ4n) is 1.91. The van der Waals surface area contributed by atoms with E-state index in [1.165, 1.54) is 21.3 Å². The Kier molecular flexibility index (Phi) is 5.30. The van der Waals surface area contributed by atoms with Crippen LogP contribution in [0.1, 0.15) is 18.0 Å². The largest absolute Gasteiger partial charge is 0.463 e.